The molecule has 0 unspecified atom stereocenters. The highest BCUT2D eigenvalue weighted by Crippen LogP contribution is 2.65. The van der Waals surface area contributed by atoms with Gasteiger partial charge in [0.05, 0.1) is 17.6 Å². The Morgan fingerprint density at radius 2 is 1.67 bits per heavy atom. The summed E-state index contributed by atoms with van der Waals surface area (Å²) in [5.41, 5.74) is 7.19. The third-order valence-corrected chi connectivity index (χ3v) is 10.6. The number of carbonyl (C=O) groups excluding carboxylic acids is 2. The molecule has 2 amide bonds. The lowest BCUT2D eigenvalue weighted by molar-refractivity contribution is -0.525. The monoisotopic (exact) mass is 648 g/mol. The van der Waals surface area contributed by atoms with E-state index in [1.807, 2.05) is 5.43 Å². The average molecular weight is 649 g/mol. The molecule has 1 saturated heterocycles. The van der Waals surface area contributed by atoms with E-state index in [0.29, 0.717) is 37.5 Å². The lowest BCUT2D eigenvalue weighted by Gasteiger charge is -2.64. The van der Waals surface area contributed by atoms with Crippen LogP contribution < -0.4 is 21.8 Å². The van der Waals surface area contributed by atoms with Crippen LogP contribution in [0.15, 0.2) is 4.99 Å². The lowest BCUT2D eigenvalue weighted by Crippen LogP contribution is -2.65. The molecular weight excluding hydrogens is 587 g/mol. The normalized spacial score (nSPS) is 26.2. The van der Waals surface area contributed by atoms with Crippen molar-refractivity contribution in [1.82, 2.24) is 16.1 Å². The van der Waals surface area contributed by atoms with Crippen LogP contribution >= 0.6 is 0 Å². The van der Waals surface area contributed by atoms with E-state index in [2.05, 4.69) is 57.2 Å². The third-order valence-electron chi connectivity index (χ3n) is 10.6. The second kappa shape index (κ2) is 17.7. The molecular formula is C33H61BN6O6. The Morgan fingerprint density at radius 1 is 1.02 bits per heavy atom. The SMILES string of the molecule is CCCCCCCCCCCC(=O)N[C@@H](CCCN=C(N)N[N+](=O)[O-])C(=O)N[C@@H](CC(C)C)B1O[C@@H]2C[C@H]3C[C@H](C3(C)C)[C@]2(C)O1. The molecule has 13 heteroatoms. The maximum atomic E-state index is 13.8. The van der Waals surface area contributed by atoms with E-state index in [4.69, 9.17) is 15.0 Å². The first-order valence-corrected chi connectivity index (χ1v) is 17.9. The summed E-state index contributed by atoms with van der Waals surface area (Å²) in [7, 11) is -0.563. The van der Waals surface area contributed by atoms with E-state index >= 15 is 0 Å². The Bertz CT molecular complexity index is 1040. The molecule has 3 saturated carbocycles. The van der Waals surface area contributed by atoms with Gasteiger partial charge in [-0.05, 0) is 68.6 Å². The van der Waals surface area contributed by atoms with Crippen molar-refractivity contribution in [1.29, 1.82) is 0 Å². The van der Waals surface area contributed by atoms with Gasteiger partial charge in [-0.25, -0.2) is 15.1 Å². The Morgan fingerprint density at radius 3 is 2.28 bits per heavy atom. The number of carbonyl (C=O) groups is 2. The molecule has 4 fully saturated rings. The van der Waals surface area contributed by atoms with Crippen molar-refractivity contribution in [3.63, 3.8) is 0 Å². The molecule has 0 radical (unpaired) electrons. The summed E-state index contributed by atoms with van der Waals surface area (Å²) in [6.07, 6.45) is 14.3. The minimum Gasteiger partial charge on any atom is -0.404 e. The molecule has 1 aliphatic heterocycles. The number of nitro groups is 1. The van der Waals surface area contributed by atoms with Crippen molar-refractivity contribution < 1.29 is 23.9 Å². The first kappa shape index (κ1) is 38.0. The summed E-state index contributed by atoms with van der Waals surface area (Å²) in [4.78, 5) is 41.4. The predicted molar refractivity (Wildman–Crippen MR) is 181 cm³/mol. The van der Waals surface area contributed by atoms with E-state index in [-0.39, 0.29) is 53.3 Å². The van der Waals surface area contributed by atoms with Gasteiger partial charge in [0.25, 0.3) is 5.96 Å². The molecule has 0 aromatic rings. The summed E-state index contributed by atoms with van der Waals surface area (Å²) >= 11 is 0. The van der Waals surface area contributed by atoms with Gasteiger partial charge in [0.15, 0.2) is 5.03 Å². The van der Waals surface area contributed by atoms with Crippen LogP contribution in [0.2, 0.25) is 0 Å². The number of nitrogens with zero attached hydrogens (tertiary/aromatic N) is 2. The van der Waals surface area contributed by atoms with Gasteiger partial charge in [0, 0.05) is 13.0 Å². The standard InChI is InChI=1S/C33H61BN6O6/c1-7-8-9-10-11-12-13-14-15-18-29(41)37-25(17-16-19-36-31(35)39-40(43)44)30(42)38-28(20-23(2)3)34-45-27-22-24-21-26(32(24,4)5)33(27,6)46-34/h23-28H,7-22H2,1-6H3,(H,37,41)(H,38,42)(H3,35,36,39)/t24-,25+,26-,27-,28+,33+/m1/s1. The number of rotatable bonds is 21. The molecule has 0 aromatic heterocycles. The van der Waals surface area contributed by atoms with Gasteiger partial charge in [-0.2, -0.15) is 0 Å². The lowest BCUT2D eigenvalue weighted by atomic mass is 9.43. The van der Waals surface area contributed by atoms with Crippen molar-refractivity contribution in [2.75, 3.05) is 6.54 Å². The van der Waals surface area contributed by atoms with Gasteiger partial charge in [-0.3, -0.25) is 9.59 Å². The zero-order valence-corrected chi connectivity index (χ0v) is 29.3. The van der Waals surface area contributed by atoms with E-state index in [9.17, 15) is 19.7 Å². The van der Waals surface area contributed by atoms with Crippen molar-refractivity contribution >= 4 is 24.9 Å². The van der Waals surface area contributed by atoms with E-state index < -0.39 is 18.2 Å². The largest absolute Gasteiger partial charge is 0.481 e. The number of nitrogens with two attached hydrogens (primary N) is 1. The van der Waals surface area contributed by atoms with E-state index in [1.165, 1.54) is 38.5 Å². The molecule has 4 aliphatic rings. The Balaban J connectivity index is 1.59. The minimum atomic E-state index is -0.786. The summed E-state index contributed by atoms with van der Waals surface area (Å²) < 4.78 is 13.3. The molecule has 3 aliphatic carbocycles. The number of guanidine groups is 1. The summed E-state index contributed by atoms with van der Waals surface area (Å²) in [6.45, 7) is 13.4. The number of hydrogen-bond donors (Lipinski definition) is 4. The number of amides is 2. The van der Waals surface area contributed by atoms with Crippen molar-refractivity contribution in [2.45, 2.75) is 162 Å². The van der Waals surface area contributed by atoms with Crippen LogP contribution in [-0.2, 0) is 18.9 Å². The predicted octanol–water partition coefficient (Wildman–Crippen LogP) is 5.07. The first-order chi connectivity index (χ1) is 21.8. The van der Waals surface area contributed by atoms with Gasteiger partial charge in [-0.1, -0.05) is 91.4 Å². The molecule has 5 N–H and O–H groups in total. The fraction of sp³-hybridized carbons (Fsp3) is 0.909. The number of hydrogen-bond acceptors (Lipinski definition) is 7. The molecule has 0 aromatic carbocycles. The zero-order chi connectivity index (χ0) is 33.9. The Hall–Kier alpha value is -2.41. The van der Waals surface area contributed by atoms with Gasteiger partial charge < -0.3 is 25.7 Å². The highest BCUT2D eigenvalue weighted by molar-refractivity contribution is 6.48. The average Bonchev–Trinajstić information content (AvgIpc) is 3.34. The van der Waals surface area contributed by atoms with Crippen LogP contribution in [0.4, 0.5) is 0 Å². The van der Waals surface area contributed by atoms with Gasteiger partial charge in [0.1, 0.15) is 6.04 Å². The quantitative estimate of drug-likeness (QED) is 0.0334. The van der Waals surface area contributed by atoms with Crippen LogP contribution in [-0.4, -0.2) is 60.2 Å². The van der Waals surface area contributed by atoms with Crippen molar-refractivity contribution in [3.8, 4) is 0 Å². The molecule has 1 heterocycles. The fourth-order valence-corrected chi connectivity index (χ4v) is 7.86. The molecule has 262 valence electrons. The Labute approximate surface area is 276 Å². The first-order valence-electron chi connectivity index (χ1n) is 17.9. The maximum Gasteiger partial charge on any atom is 0.481 e. The summed E-state index contributed by atoms with van der Waals surface area (Å²) in [5.74, 6) is 0.200. The summed E-state index contributed by atoms with van der Waals surface area (Å²) in [5, 5.41) is 16.0. The molecule has 4 rings (SSSR count). The topological polar surface area (TPSA) is 170 Å². The van der Waals surface area contributed by atoms with Crippen LogP contribution in [0.25, 0.3) is 0 Å². The van der Waals surface area contributed by atoms with Crippen LogP contribution in [0.1, 0.15) is 138 Å². The third kappa shape index (κ3) is 10.6. The van der Waals surface area contributed by atoms with Crippen molar-refractivity contribution in [2.24, 2.45) is 33.9 Å². The van der Waals surface area contributed by atoms with Gasteiger partial charge in [-0.15, -0.1) is 0 Å². The fourth-order valence-electron chi connectivity index (χ4n) is 7.86. The number of nitrogens with one attached hydrogen (secondary N) is 3. The van der Waals surface area contributed by atoms with E-state index in [0.717, 1.165) is 32.1 Å². The van der Waals surface area contributed by atoms with Crippen LogP contribution in [0.5, 0.6) is 0 Å². The summed E-state index contributed by atoms with van der Waals surface area (Å²) in [6, 6.07) is -0.786. The number of unbranched alkanes of at least 4 members (excludes halogenated alkanes) is 8. The minimum absolute atomic E-state index is 0.00350. The molecule has 2 bridgehead atoms. The second-order valence-corrected chi connectivity index (χ2v) is 15.1. The van der Waals surface area contributed by atoms with Crippen molar-refractivity contribution in [3.05, 3.63) is 10.1 Å². The smallest absolute Gasteiger partial charge is 0.404 e. The highest BCUT2D eigenvalue weighted by atomic mass is 16.7. The van der Waals surface area contributed by atoms with Gasteiger partial charge >= 0.3 is 7.12 Å². The Kier molecular flexibility index (Phi) is 14.6. The van der Waals surface area contributed by atoms with Crippen LogP contribution in [0, 0.1) is 33.3 Å². The number of aliphatic imine (C=N–C) groups is 1. The zero-order valence-electron chi connectivity index (χ0n) is 29.3. The molecule has 12 nitrogen and oxygen atoms in total. The van der Waals surface area contributed by atoms with E-state index in [1.54, 1.807) is 0 Å². The van der Waals surface area contributed by atoms with Crippen LogP contribution in [0.3, 0.4) is 0 Å². The molecule has 46 heavy (non-hydrogen) atoms. The molecule has 0 spiro atoms. The van der Waals surface area contributed by atoms with Gasteiger partial charge in [0.2, 0.25) is 11.8 Å². The number of hydrazine groups is 1. The highest BCUT2D eigenvalue weighted by Gasteiger charge is 2.68. The maximum absolute atomic E-state index is 13.8. The molecule has 6 atom stereocenters. The second-order valence-electron chi connectivity index (χ2n) is 15.1.